The molecule has 5 aliphatic carbocycles. The molecule has 3 unspecified atom stereocenters. The molecule has 4 N–H and O–H groups in total. The normalized spacial score (nSPS) is 59.4. The van der Waals surface area contributed by atoms with Crippen molar-refractivity contribution in [2.24, 2.45) is 50.2 Å². The lowest BCUT2D eigenvalue weighted by molar-refractivity contribution is -0.245. The maximum atomic E-state index is 11.8. The molecule has 0 heterocycles. The Morgan fingerprint density at radius 3 is 2.09 bits per heavy atom. The highest BCUT2D eigenvalue weighted by atomic mass is 16.3. The van der Waals surface area contributed by atoms with Crippen molar-refractivity contribution < 1.29 is 20.4 Å². The molecule has 4 heteroatoms. The fourth-order valence-electron chi connectivity index (χ4n) is 11.0. The number of aliphatic hydroxyl groups is 4. The maximum absolute atomic E-state index is 11.8. The van der Waals surface area contributed by atoms with Gasteiger partial charge in [0.05, 0.1) is 24.4 Å². The van der Waals surface area contributed by atoms with E-state index in [0.717, 1.165) is 44.9 Å². The Hall–Kier alpha value is -0.420. The fourth-order valence-corrected chi connectivity index (χ4v) is 11.0. The monoisotopic (exact) mass is 488 g/mol. The zero-order chi connectivity index (χ0) is 26.0. The number of hydrogen-bond donors (Lipinski definition) is 4. The van der Waals surface area contributed by atoms with Gasteiger partial charge in [-0.05, 0) is 96.2 Å². The van der Waals surface area contributed by atoms with Crippen LogP contribution < -0.4 is 0 Å². The Labute approximate surface area is 213 Å². The molecular weight excluding hydrogens is 436 g/mol. The van der Waals surface area contributed by atoms with Gasteiger partial charge in [-0.1, -0.05) is 67.0 Å². The predicted molar refractivity (Wildman–Crippen MR) is 140 cm³/mol. The van der Waals surface area contributed by atoms with Crippen molar-refractivity contribution in [2.45, 2.75) is 131 Å². The number of aliphatic hydroxyl groups excluding tert-OH is 4. The van der Waals surface area contributed by atoms with Crippen LogP contribution in [0.3, 0.4) is 0 Å². The summed E-state index contributed by atoms with van der Waals surface area (Å²) in [5.41, 5.74) is 0.398. The van der Waals surface area contributed by atoms with Gasteiger partial charge in [0.2, 0.25) is 0 Å². The summed E-state index contributed by atoms with van der Waals surface area (Å²) in [5, 5.41) is 45.2. The molecule has 4 nitrogen and oxygen atoms in total. The second kappa shape index (κ2) is 7.58. The molecule has 0 radical (unpaired) electrons. The van der Waals surface area contributed by atoms with Gasteiger partial charge in [-0.25, -0.2) is 0 Å². The van der Waals surface area contributed by atoms with Crippen LogP contribution in [0.1, 0.15) is 107 Å². The molecule has 4 fully saturated rings. The average Bonchev–Trinajstić information content (AvgIpc) is 2.78. The Morgan fingerprint density at radius 2 is 1.46 bits per heavy atom. The highest BCUT2D eigenvalue weighted by molar-refractivity contribution is 5.35. The summed E-state index contributed by atoms with van der Waals surface area (Å²) in [6, 6.07) is 0. The van der Waals surface area contributed by atoms with Crippen molar-refractivity contribution in [1.29, 1.82) is 0 Å². The van der Waals surface area contributed by atoms with Crippen molar-refractivity contribution >= 4 is 0 Å². The van der Waals surface area contributed by atoms with Gasteiger partial charge in [-0.2, -0.15) is 0 Å². The molecule has 0 aromatic heterocycles. The number of fused-ring (bicyclic) bond motifs is 7. The quantitative estimate of drug-likeness (QED) is 0.369. The van der Waals surface area contributed by atoms with E-state index in [1.165, 1.54) is 5.57 Å². The first kappa shape index (κ1) is 26.2. The van der Waals surface area contributed by atoms with Crippen molar-refractivity contribution in [3.63, 3.8) is 0 Å². The Balaban J connectivity index is 1.61. The molecule has 4 saturated carbocycles. The summed E-state index contributed by atoms with van der Waals surface area (Å²) in [6.07, 6.45) is 7.64. The van der Waals surface area contributed by atoms with Crippen LogP contribution in [0.4, 0.5) is 0 Å². The van der Waals surface area contributed by atoms with E-state index >= 15 is 0 Å². The van der Waals surface area contributed by atoms with E-state index < -0.39 is 29.1 Å². The lowest BCUT2D eigenvalue weighted by Gasteiger charge is -2.72. The maximum Gasteiger partial charge on any atom is 0.0888 e. The lowest BCUT2D eigenvalue weighted by atomic mass is 9.33. The fraction of sp³-hybridized carbons (Fsp3) is 0.935. The average molecular weight is 489 g/mol. The molecular formula is C31H52O4. The summed E-state index contributed by atoms with van der Waals surface area (Å²) < 4.78 is 0. The molecule has 5 aliphatic rings. The first-order valence-corrected chi connectivity index (χ1v) is 14.5. The van der Waals surface area contributed by atoms with E-state index in [-0.39, 0.29) is 33.7 Å². The Morgan fingerprint density at radius 1 is 0.800 bits per heavy atom. The largest absolute Gasteiger partial charge is 0.393 e. The molecule has 5 rings (SSSR count). The zero-order valence-electron chi connectivity index (χ0n) is 23.6. The van der Waals surface area contributed by atoms with E-state index in [1.807, 2.05) is 6.92 Å². The third-order valence-electron chi connectivity index (χ3n) is 14.0. The van der Waals surface area contributed by atoms with E-state index in [2.05, 4.69) is 54.5 Å². The third-order valence-corrected chi connectivity index (χ3v) is 14.0. The Bertz CT molecular complexity index is 912. The SMILES string of the molecule is CC[C@]1(C)C2CC[C@]3(C)C(CC=C4C5CC(C)(C)[C@@H](O)[C@H](O)[C@]5(C)[C@H](O)C[C@]43C)[C@@]2(C)CC[C@@H]1O. The van der Waals surface area contributed by atoms with Crippen LogP contribution in [0, 0.1) is 50.2 Å². The van der Waals surface area contributed by atoms with E-state index in [9.17, 15) is 20.4 Å². The van der Waals surface area contributed by atoms with Crippen molar-refractivity contribution in [3.8, 4) is 0 Å². The van der Waals surface area contributed by atoms with Crippen LogP contribution in [-0.2, 0) is 0 Å². The van der Waals surface area contributed by atoms with Crippen molar-refractivity contribution in [1.82, 2.24) is 0 Å². The van der Waals surface area contributed by atoms with Gasteiger partial charge in [0.25, 0.3) is 0 Å². The summed E-state index contributed by atoms with van der Waals surface area (Å²) in [5.74, 6) is 1.11. The van der Waals surface area contributed by atoms with Crippen LogP contribution in [0.5, 0.6) is 0 Å². The molecule has 0 amide bonds. The molecule has 200 valence electrons. The summed E-state index contributed by atoms with van der Waals surface area (Å²) >= 11 is 0. The van der Waals surface area contributed by atoms with Gasteiger partial charge in [-0.15, -0.1) is 0 Å². The topological polar surface area (TPSA) is 80.9 Å². The standard InChI is InChI=1S/C31H52O4/c1-9-27(4)20-12-15-29(6)21(28(20,5)14-13-22(27)32)11-10-18-19-16-26(2,3)24(34)25(35)31(19,8)23(33)17-30(18,29)7/h10,19-25,32-35H,9,11-17H2,1-8H3/t19?,20?,21?,22-,23+,24-,25-,27+,28-,29+,30+,31-/m0/s1. The molecule has 0 aliphatic heterocycles. The first-order valence-electron chi connectivity index (χ1n) is 14.5. The predicted octanol–water partition coefficient (Wildman–Crippen LogP) is 5.47. The molecule has 0 bridgehead atoms. The van der Waals surface area contributed by atoms with E-state index in [4.69, 9.17) is 0 Å². The smallest absolute Gasteiger partial charge is 0.0888 e. The van der Waals surface area contributed by atoms with Crippen LogP contribution in [-0.4, -0.2) is 44.8 Å². The highest BCUT2D eigenvalue weighted by Crippen LogP contribution is 2.75. The van der Waals surface area contributed by atoms with E-state index in [1.54, 1.807) is 0 Å². The van der Waals surface area contributed by atoms with Crippen molar-refractivity contribution in [2.75, 3.05) is 0 Å². The van der Waals surface area contributed by atoms with Gasteiger partial charge in [0.15, 0.2) is 0 Å². The van der Waals surface area contributed by atoms with Gasteiger partial charge in [0.1, 0.15) is 0 Å². The van der Waals surface area contributed by atoms with Crippen LogP contribution in [0.15, 0.2) is 11.6 Å². The van der Waals surface area contributed by atoms with Gasteiger partial charge >= 0.3 is 0 Å². The number of rotatable bonds is 1. The minimum absolute atomic E-state index is 0.0302. The molecule has 0 aromatic rings. The summed E-state index contributed by atoms with van der Waals surface area (Å²) in [4.78, 5) is 0. The van der Waals surface area contributed by atoms with Gasteiger partial charge in [-0.3, -0.25) is 0 Å². The van der Waals surface area contributed by atoms with Crippen LogP contribution >= 0.6 is 0 Å². The second-order valence-electron chi connectivity index (χ2n) is 15.4. The highest BCUT2D eigenvalue weighted by Gasteiger charge is 2.71. The molecule has 12 atom stereocenters. The molecule has 35 heavy (non-hydrogen) atoms. The zero-order valence-corrected chi connectivity index (χ0v) is 23.6. The molecule has 0 saturated heterocycles. The van der Waals surface area contributed by atoms with Gasteiger partial charge < -0.3 is 20.4 Å². The van der Waals surface area contributed by atoms with Crippen molar-refractivity contribution in [3.05, 3.63) is 11.6 Å². The lowest BCUT2D eigenvalue weighted by Crippen LogP contribution is -2.70. The van der Waals surface area contributed by atoms with Crippen LogP contribution in [0.2, 0.25) is 0 Å². The minimum Gasteiger partial charge on any atom is -0.393 e. The van der Waals surface area contributed by atoms with Gasteiger partial charge in [0, 0.05) is 5.41 Å². The molecule has 0 spiro atoms. The van der Waals surface area contributed by atoms with E-state index in [0.29, 0.717) is 18.3 Å². The third kappa shape index (κ3) is 2.95. The van der Waals surface area contributed by atoms with Crippen LogP contribution in [0.25, 0.3) is 0 Å². The summed E-state index contributed by atoms with van der Waals surface area (Å²) in [7, 11) is 0. The second-order valence-corrected chi connectivity index (χ2v) is 15.4. The minimum atomic E-state index is -0.930. The number of hydrogen-bond acceptors (Lipinski definition) is 4. The molecule has 0 aromatic carbocycles. The number of allylic oxidation sites excluding steroid dienone is 2. The first-order chi connectivity index (χ1) is 16.0. The summed E-state index contributed by atoms with van der Waals surface area (Å²) in [6.45, 7) is 18.2. The Kier molecular flexibility index (Phi) is 5.67.